The van der Waals surface area contributed by atoms with Crippen LogP contribution < -0.4 is 4.90 Å². The summed E-state index contributed by atoms with van der Waals surface area (Å²) in [4.78, 5) is 17.1. The molecule has 19 heavy (non-hydrogen) atoms. The molecular weight excluding hydrogens is 242 g/mol. The number of anilines is 1. The molecule has 2 saturated heterocycles. The zero-order chi connectivity index (χ0) is 12.9. The largest absolute Gasteiger partial charge is 0.375 e. The molecule has 0 aliphatic carbocycles. The van der Waals surface area contributed by atoms with E-state index in [0.717, 1.165) is 38.6 Å². The Morgan fingerprint density at radius 3 is 2.68 bits per heavy atom. The van der Waals surface area contributed by atoms with Gasteiger partial charge < -0.3 is 14.5 Å². The molecule has 0 unspecified atom stereocenters. The van der Waals surface area contributed by atoms with E-state index in [1.54, 1.807) is 12.7 Å². The molecule has 0 bridgehead atoms. The highest BCUT2D eigenvalue weighted by atomic mass is 16.5. The van der Waals surface area contributed by atoms with E-state index >= 15 is 0 Å². The molecule has 0 radical (unpaired) electrons. The van der Waals surface area contributed by atoms with Gasteiger partial charge in [0.05, 0.1) is 6.10 Å². The van der Waals surface area contributed by atoms with E-state index in [9.17, 15) is 0 Å². The van der Waals surface area contributed by atoms with Crippen LogP contribution in [-0.4, -0.2) is 65.3 Å². The van der Waals surface area contributed by atoms with Crippen molar-refractivity contribution in [3.8, 4) is 0 Å². The third kappa shape index (κ3) is 3.39. The Bertz CT molecular complexity index is 382. The smallest absolute Gasteiger partial charge is 0.228 e. The molecule has 0 amide bonds. The molecule has 6 nitrogen and oxygen atoms in total. The Morgan fingerprint density at radius 1 is 1.11 bits per heavy atom. The molecule has 0 N–H and O–H groups in total. The summed E-state index contributed by atoms with van der Waals surface area (Å²) in [5, 5.41) is 0. The number of aromatic nitrogens is 3. The van der Waals surface area contributed by atoms with Crippen LogP contribution in [0.2, 0.25) is 0 Å². The quantitative estimate of drug-likeness (QED) is 0.794. The summed E-state index contributed by atoms with van der Waals surface area (Å²) in [6.07, 6.45) is 7.06. The molecular formula is C13H21N5O. The average molecular weight is 263 g/mol. The van der Waals surface area contributed by atoms with Gasteiger partial charge in [-0.1, -0.05) is 0 Å². The first kappa shape index (κ1) is 12.7. The summed E-state index contributed by atoms with van der Waals surface area (Å²) < 4.78 is 5.96. The van der Waals surface area contributed by atoms with Crippen molar-refractivity contribution in [2.75, 3.05) is 44.2 Å². The van der Waals surface area contributed by atoms with E-state index in [2.05, 4.69) is 24.8 Å². The van der Waals surface area contributed by atoms with Crippen LogP contribution in [-0.2, 0) is 4.74 Å². The second kappa shape index (κ2) is 6.25. The SMILES string of the molecule is c1ncnc(N2CCCO[C@H](CN3CCCC3)C2)n1. The van der Waals surface area contributed by atoms with E-state index in [1.807, 2.05) is 0 Å². The van der Waals surface area contributed by atoms with Gasteiger partial charge in [-0.2, -0.15) is 0 Å². The first-order chi connectivity index (χ1) is 9.42. The van der Waals surface area contributed by atoms with E-state index in [1.165, 1.54) is 25.9 Å². The molecule has 3 rings (SSSR count). The van der Waals surface area contributed by atoms with Gasteiger partial charge in [0.15, 0.2) is 0 Å². The predicted molar refractivity (Wildman–Crippen MR) is 72.1 cm³/mol. The zero-order valence-corrected chi connectivity index (χ0v) is 11.2. The van der Waals surface area contributed by atoms with Gasteiger partial charge in [0.2, 0.25) is 5.95 Å². The van der Waals surface area contributed by atoms with Crippen LogP contribution in [0.25, 0.3) is 0 Å². The number of ether oxygens (including phenoxy) is 1. The molecule has 2 aliphatic rings. The maximum absolute atomic E-state index is 5.96. The third-order valence-electron chi connectivity index (χ3n) is 3.77. The van der Waals surface area contributed by atoms with Gasteiger partial charge in [-0.3, -0.25) is 0 Å². The first-order valence-corrected chi connectivity index (χ1v) is 7.13. The van der Waals surface area contributed by atoms with Crippen LogP contribution in [0.4, 0.5) is 5.95 Å². The number of nitrogens with zero attached hydrogens (tertiary/aromatic N) is 5. The molecule has 2 fully saturated rings. The van der Waals surface area contributed by atoms with Crippen molar-refractivity contribution >= 4 is 5.95 Å². The Morgan fingerprint density at radius 2 is 1.89 bits per heavy atom. The van der Waals surface area contributed by atoms with Crippen LogP contribution >= 0.6 is 0 Å². The second-order valence-electron chi connectivity index (χ2n) is 5.24. The Labute approximate surface area is 113 Å². The summed E-state index contributed by atoms with van der Waals surface area (Å²) in [5.74, 6) is 0.770. The van der Waals surface area contributed by atoms with Gasteiger partial charge in [0.1, 0.15) is 12.7 Å². The molecule has 104 valence electrons. The Hall–Kier alpha value is -1.27. The van der Waals surface area contributed by atoms with Gasteiger partial charge in [-0.15, -0.1) is 0 Å². The standard InChI is InChI=1S/C13H21N5O/c1-2-5-17(4-1)8-12-9-18(6-3-7-19-12)13-15-10-14-11-16-13/h10-12H,1-9H2/t12-/m1/s1. The van der Waals surface area contributed by atoms with Gasteiger partial charge in [0.25, 0.3) is 0 Å². The summed E-state index contributed by atoms with van der Waals surface area (Å²) in [5.41, 5.74) is 0. The van der Waals surface area contributed by atoms with Gasteiger partial charge in [-0.05, 0) is 32.4 Å². The fourth-order valence-electron chi connectivity index (χ4n) is 2.84. The lowest BCUT2D eigenvalue weighted by Gasteiger charge is -2.26. The van der Waals surface area contributed by atoms with Crippen LogP contribution in [0, 0.1) is 0 Å². The first-order valence-electron chi connectivity index (χ1n) is 7.13. The number of hydrogen-bond acceptors (Lipinski definition) is 6. The second-order valence-corrected chi connectivity index (χ2v) is 5.24. The lowest BCUT2D eigenvalue weighted by Crippen LogP contribution is -2.40. The van der Waals surface area contributed by atoms with Gasteiger partial charge in [-0.25, -0.2) is 15.0 Å². The van der Waals surface area contributed by atoms with E-state index in [4.69, 9.17) is 4.74 Å². The number of likely N-dealkylation sites (tertiary alicyclic amines) is 1. The van der Waals surface area contributed by atoms with Gasteiger partial charge in [0, 0.05) is 26.2 Å². The van der Waals surface area contributed by atoms with Crippen molar-refractivity contribution in [2.45, 2.75) is 25.4 Å². The van der Waals surface area contributed by atoms with E-state index in [0.29, 0.717) is 0 Å². The maximum Gasteiger partial charge on any atom is 0.228 e. The summed E-state index contributed by atoms with van der Waals surface area (Å²) in [7, 11) is 0. The normalized spacial score (nSPS) is 25.5. The monoisotopic (exact) mass is 263 g/mol. The molecule has 0 aromatic carbocycles. The minimum Gasteiger partial charge on any atom is -0.375 e. The molecule has 0 saturated carbocycles. The van der Waals surface area contributed by atoms with Crippen molar-refractivity contribution in [2.24, 2.45) is 0 Å². The predicted octanol–water partition coefficient (Wildman–Crippen LogP) is 0.563. The minimum atomic E-state index is 0.261. The molecule has 1 aromatic rings. The average Bonchev–Trinajstić information content (AvgIpc) is 2.84. The number of hydrogen-bond donors (Lipinski definition) is 0. The Kier molecular flexibility index (Phi) is 4.20. The van der Waals surface area contributed by atoms with Crippen molar-refractivity contribution in [3.05, 3.63) is 12.7 Å². The zero-order valence-electron chi connectivity index (χ0n) is 11.2. The van der Waals surface area contributed by atoms with Crippen LogP contribution in [0.5, 0.6) is 0 Å². The maximum atomic E-state index is 5.96. The number of rotatable bonds is 3. The molecule has 1 atom stereocenters. The minimum absolute atomic E-state index is 0.261. The van der Waals surface area contributed by atoms with Crippen LogP contribution in [0.1, 0.15) is 19.3 Å². The van der Waals surface area contributed by atoms with Crippen molar-refractivity contribution < 1.29 is 4.74 Å². The van der Waals surface area contributed by atoms with E-state index in [-0.39, 0.29) is 6.10 Å². The molecule has 0 spiro atoms. The summed E-state index contributed by atoms with van der Waals surface area (Å²) >= 11 is 0. The fraction of sp³-hybridized carbons (Fsp3) is 0.769. The van der Waals surface area contributed by atoms with Crippen molar-refractivity contribution in [1.82, 2.24) is 19.9 Å². The summed E-state index contributed by atoms with van der Waals surface area (Å²) in [6.45, 7) is 6.12. The highest BCUT2D eigenvalue weighted by molar-refractivity contribution is 5.27. The lowest BCUT2D eigenvalue weighted by molar-refractivity contribution is 0.0450. The highest BCUT2D eigenvalue weighted by Gasteiger charge is 2.23. The van der Waals surface area contributed by atoms with Gasteiger partial charge >= 0.3 is 0 Å². The molecule has 3 heterocycles. The summed E-state index contributed by atoms with van der Waals surface area (Å²) in [6, 6.07) is 0. The third-order valence-corrected chi connectivity index (χ3v) is 3.77. The highest BCUT2D eigenvalue weighted by Crippen LogP contribution is 2.15. The topological polar surface area (TPSA) is 54.4 Å². The van der Waals surface area contributed by atoms with Crippen molar-refractivity contribution in [1.29, 1.82) is 0 Å². The molecule has 6 heteroatoms. The van der Waals surface area contributed by atoms with Crippen LogP contribution in [0.15, 0.2) is 12.7 Å². The van der Waals surface area contributed by atoms with E-state index < -0.39 is 0 Å². The molecule has 2 aliphatic heterocycles. The van der Waals surface area contributed by atoms with Crippen molar-refractivity contribution in [3.63, 3.8) is 0 Å². The lowest BCUT2D eigenvalue weighted by atomic mass is 10.3. The fourth-order valence-corrected chi connectivity index (χ4v) is 2.84. The van der Waals surface area contributed by atoms with Crippen LogP contribution in [0.3, 0.4) is 0 Å². The molecule has 1 aromatic heterocycles. The Balaban J connectivity index is 1.62.